The molecule has 0 saturated carbocycles. The van der Waals surface area contributed by atoms with Crippen molar-refractivity contribution >= 4 is 0 Å². The third-order valence-electron chi connectivity index (χ3n) is 2.23. The number of hydrogen-bond acceptors (Lipinski definition) is 4. The van der Waals surface area contributed by atoms with Crippen molar-refractivity contribution in [2.45, 2.75) is 33.4 Å². The van der Waals surface area contributed by atoms with Gasteiger partial charge < -0.3 is 14.3 Å². The first-order chi connectivity index (χ1) is 7.65. The SMILES string of the molecule is Cc1ccc(-c2cc(CNC(C)C)no2)o1. The topological polar surface area (TPSA) is 51.2 Å². The third-order valence-corrected chi connectivity index (χ3v) is 2.23. The largest absolute Gasteiger partial charge is 0.458 e. The monoisotopic (exact) mass is 220 g/mol. The van der Waals surface area contributed by atoms with E-state index in [1.807, 2.05) is 25.1 Å². The van der Waals surface area contributed by atoms with Gasteiger partial charge in [-0.25, -0.2) is 0 Å². The Bertz CT molecular complexity index is 457. The van der Waals surface area contributed by atoms with Gasteiger partial charge in [-0.15, -0.1) is 0 Å². The molecule has 0 amide bonds. The van der Waals surface area contributed by atoms with E-state index >= 15 is 0 Å². The van der Waals surface area contributed by atoms with Crippen LogP contribution in [0.4, 0.5) is 0 Å². The van der Waals surface area contributed by atoms with E-state index in [2.05, 4.69) is 24.3 Å². The molecule has 0 fully saturated rings. The number of nitrogens with zero attached hydrogens (tertiary/aromatic N) is 1. The quantitative estimate of drug-likeness (QED) is 0.860. The molecule has 4 nitrogen and oxygen atoms in total. The van der Waals surface area contributed by atoms with Gasteiger partial charge in [0, 0.05) is 18.7 Å². The fourth-order valence-electron chi connectivity index (χ4n) is 1.39. The van der Waals surface area contributed by atoms with Gasteiger partial charge >= 0.3 is 0 Å². The minimum Gasteiger partial charge on any atom is -0.458 e. The second-order valence-corrected chi connectivity index (χ2v) is 4.13. The fraction of sp³-hybridized carbons (Fsp3) is 0.417. The standard InChI is InChI=1S/C12H16N2O2/c1-8(2)13-7-10-6-12(16-14-10)11-5-4-9(3)15-11/h4-6,8,13H,7H2,1-3H3. The van der Waals surface area contributed by atoms with Crippen LogP contribution < -0.4 is 5.32 Å². The van der Waals surface area contributed by atoms with E-state index in [1.165, 1.54) is 0 Å². The molecule has 0 aliphatic rings. The summed E-state index contributed by atoms with van der Waals surface area (Å²) in [5.74, 6) is 2.27. The van der Waals surface area contributed by atoms with Crippen LogP contribution in [-0.2, 0) is 6.54 Å². The Balaban J connectivity index is 2.07. The summed E-state index contributed by atoms with van der Waals surface area (Å²) in [5, 5.41) is 7.25. The van der Waals surface area contributed by atoms with Gasteiger partial charge in [0.05, 0.1) is 5.69 Å². The first-order valence-corrected chi connectivity index (χ1v) is 5.41. The Morgan fingerprint density at radius 3 is 2.75 bits per heavy atom. The molecular formula is C12H16N2O2. The van der Waals surface area contributed by atoms with Crippen molar-refractivity contribution in [1.29, 1.82) is 0 Å². The fourth-order valence-corrected chi connectivity index (χ4v) is 1.39. The molecule has 0 aliphatic carbocycles. The Hall–Kier alpha value is -1.55. The number of hydrogen-bond donors (Lipinski definition) is 1. The van der Waals surface area contributed by atoms with Crippen LogP contribution in [0.1, 0.15) is 25.3 Å². The van der Waals surface area contributed by atoms with Crippen LogP contribution in [0.15, 0.2) is 27.1 Å². The van der Waals surface area contributed by atoms with E-state index < -0.39 is 0 Å². The lowest BCUT2D eigenvalue weighted by Gasteiger charge is -2.03. The van der Waals surface area contributed by atoms with E-state index in [-0.39, 0.29) is 0 Å². The maximum Gasteiger partial charge on any atom is 0.202 e. The van der Waals surface area contributed by atoms with Crippen LogP contribution in [0.25, 0.3) is 11.5 Å². The minimum atomic E-state index is 0.436. The molecule has 16 heavy (non-hydrogen) atoms. The Labute approximate surface area is 94.6 Å². The van der Waals surface area contributed by atoms with Gasteiger partial charge in [0.25, 0.3) is 0 Å². The van der Waals surface area contributed by atoms with Crippen LogP contribution in [0.5, 0.6) is 0 Å². The molecule has 0 bridgehead atoms. The van der Waals surface area contributed by atoms with Gasteiger partial charge in [-0.05, 0) is 19.1 Å². The normalized spacial score (nSPS) is 11.2. The molecule has 2 heterocycles. The minimum absolute atomic E-state index is 0.436. The summed E-state index contributed by atoms with van der Waals surface area (Å²) < 4.78 is 10.7. The summed E-state index contributed by atoms with van der Waals surface area (Å²) in [6.07, 6.45) is 0. The highest BCUT2D eigenvalue weighted by molar-refractivity contribution is 5.50. The average molecular weight is 220 g/mol. The number of aryl methyl sites for hydroxylation is 1. The van der Waals surface area contributed by atoms with Gasteiger partial charge in [-0.1, -0.05) is 19.0 Å². The van der Waals surface area contributed by atoms with Crippen LogP contribution in [0, 0.1) is 6.92 Å². The second kappa shape index (κ2) is 4.53. The van der Waals surface area contributed by atoms with Crippen molar-refractivity contribution in [3.8, 4) is 11.5 Å². The molecular weight excluding hydrogens is 204 g/mol. The molecule has 0 radical (unpaired) electrons. The van der Waals surface area contributed by atoms with Gasteiger partial charge in [-0.3, -0.25) is 0 Å². The second-order valence-electron chi connectivity index (χ2n) is 4.13. The van der Waals surface area contributed by atoms with E-state index in [1.54, 1.807) is 0 Å². The summed E-state index contributed by atoms with van der Waals surface area (Å²) in [5.41, 5.74) is 0.887. The zero-order valence-corrected chi connectivity index (χ0v) is 9.78. The number of furan rings is 1. The summed E-state index contributed by atoms with van der Waals surface area (Å²) in [6, 6.07) is 6.12. The number of rotatable bonds is 4. The first kappa shape index (κ1) is 11.0. The lowest BCUT2D eigenvalue weighted by molar-refractivity contribution is 0.404. The number of nitrogens with one attached hydrogen (secondary N) is 1. The first-order valence-electron chi connectivity index (χ1n) is 5.41. The van der Waals surface area contributed by atoms with Crippen molar-refractivity contribution in [2.24, 2.45) is 0 Å². The molecule has 0 unspecified atom stereocenters. The van der Waals surface area contributed by atoms with E-state index in [9.17, 15) is 0 Å². The predicted octanol–water partition coefficient (Wildman–Crippen LogP) is 2.74. The molecule has 0 saturated heterocycles. The Kier molecular flexibility index (Phi) is 3.10. The van der Waals surface area contributed by atoms with E-state index in [4.69, 9.17) is 8.94 Å². The van der Waals surface area contributed by atoms with Gasteiger partial charge in [0.1, 0.15) is 5.76 Å². The summed E-state index contributed by atoms with van der Waals surface area (Å²) in [6.45, 7) is 6.80. The number of aromatic nitrogens is 1. The highest BCUT2D eigenvalue weighted by Gasteiger charge is 2.09. The van der Waals surface area contributed by atoms with Crippen LogP contribution in [0.3, 0.4) is 0 Å². The average Bonchev–Trinajstić information content (AvgIpc) is 2.83. The molecule has 0 aliphatic heterocycles. The maximum atomic E-state index is 5.45. The summed E-state index contributed by atoms with van der Waals surface area (Å²) in [4.78, 5) is 0. The van der Waals surface area contributed by atoms with Crippen molar-refractivity contribution in [2.75, 3.05) is 0 Å². The smallest absolute Gasteiger partial charge is 0.202 e. The van der Waals surface area contributed by atoms with Crippen molar-refractivity contribution in [1.82, 2.24) is 10.5 Å². The van der Waals surface area contributed by atoms with Crippen LogP contribution in [0.2, 0.25) is 0 Å². The molecule has 0 spiro atoms. The Morgan fingerprint density at radius 1 is 1.31 bits per heavy atom. The van der Waals surface area contributed by atoms with Gasteiger partial charge in [0.15, 0.2) is 5.76 Å². The zero-order chi connectivity index (χ0) is 11.5. The summed E-state index contributed by atoms with van der Waals surface area (Å²) >= 11 is 0. The third kappa shape index (κ3) is 2.52. The highest BCUT2D eigenvalue weighted by Crippen LogP contribution is 2.22. The molecule has 4 heteroatoms. The lowest BCUT2D eigenvalue weighted by atomic mass is 10.3. The molecule has 0 atom stereocenters. The van der Waals surface area contributed by atoms with Crippen molar-refractivity contribution < 1.29 is 8.94 Å². The molecule has 2 rings (SSSR count). The van der Waals surface area contributed by atoms with Crippen molar-refractivity contribution in [3.05, 3.63) is 29.7 Å². The maximum absolute atomic E-state index is 5.45. The molecule has 0 aromatic carbocycles. The lowest BCUT2D eigenvalue weighted by Crippen LogP contribution is -2.21. The van der Waals surface area contributed by atoms with Crippen LogP contribution >= 0.6 is 0 Å². The molecule has 86 valence electrons. The molecule has 2 aromatic rings. The zero-order valence-electron chi connectivity index (χ0n) is 9.78. The van der Waals surface area contributed by atoms with E-state index in [0.717, 1.165) is 17.2 Å². The molecule has 2 aromatic heterocycles. The van der Waals surface area contributed by atoms with Crippen LogP contribution in [-0.4, -0.2) is 11.2 Å². The predicted molar refractivity (Wildman–Crippen MR) is 60.9 cm³/mol. The highest BCUT2D eigenvalue weighted by atomic mass is 16.5. The molecule has 1 N–H and O–H groups in total. The van der Waals surface area contributed by atoms with Crippen molar-refractivity contribution in [3.63, 3.8) is 0 Å². The van der Waals surface area contributed by atoms with E-state index in [0.29, 0.717) is 18.3 Å². The van der Waals surface area contributed by atoms with Gasteiger partial charge in [-0.2, -0.15) is 0 Å². The van der Waals surface area contributed by atoms with Gasteiger partial charge in [0.2, 0.25) is 5.76 Å². The summed E-state index contributed by atoms with van der Waals surface area (Å²) in [7, 11) is 0. The Morgan fingerprint density at radius 2 is 2.12 bits per heavy atom.